The summed E-state index contributed by atoms with van der Waals surface area (Å²) in [6.07, 6.45) is 1.68. The lowest BCUT2D eigenvalue weighted by Gasteiger charge is -2.08. The van der Waals surface area contributed by atoms with Crippen LogP contribution in [0.5, 0.6) is 0 Å². The lowest BCUT2D eigenvalue weighted by molar-refractivity contribution is 0.0950. The van der Waals surface area contributed by atoms with Crippen molar-refractivity contribution < 1.29 is 4.79 Å². The molecule has 1 aromatic heterocycles. The molecule has 1 aromatic carbocycles. The number of nitrogens with zero attached hydrogens (tertiary/aromatic N) is 1. The van der Waals surface area contributed by atoms with Gasteiger partial charge in [-0.15, -0.1) is 0 Å². The van der Waals surface area contributed by atoms with E-state index in [2.05, 4.69) is 10.3 Å². The fraction of sp³-hybridized carbons (Fsp3) is 0.133. The topological polar surface area (TPSA) is 91.9 Å². The van der Waals surface area contributed by atoms with Crippen molar-refractivity contribution in [1.29, 1.82) is 5.41 Å². The fourth-order valence-corrected chi connectivity index (χ4v) is 1.80. The number of amides is 1. The van der Waals surface area contributed by atoms with E-state index in [1.807, 2.05) is 18.2 Å². The highest BCUT2D eigenvalue weighted by atomic mass is 16.1. The quantitative estimate of drug-likeness (QED) is 0.585. The zero-order valence-electron chi connectivity index (χ0n) is 11.2. The van der Waals surface area contributed by atoms with Crippen LogP contribution in [0.25, 0.3) is 0 Å². The zero-order valence-corrected chi connectivity index (χ0v) is 11.2. The van der Waals surface area contributed by atoms with Crippen molar-refractivity contribution in [2.24, 2.45) is 0 Å². The van der Waals surface area contributed by atoms with E-state index in [-0.39, 0.29) is 5.91 Å². The van der Waals surface area contributed by atoms with Crippen LogP contribution >= 0.6 is 0 Å². The Morgan fingerprint density at radius 1 is 1.35 bits per heavy atom. The van der Waals surface area contributed by atoms with Gasteiger partial charge in [0.25, 0.3) is 5.91 Å². The van der Waals surface area contributed by atoms with Gasteiger partial charge in [0.05, 0.1) is 12.2 Å². The molecule has 0 unspecified atom stereocenters. The number of benzene rings is 1. The van der Waals surface area contributed by atoms with Gasteiger partial charge in [-0.1, -0.05) is 6.07 Å². The molecule has 5 heteroatoms. The standard InChI is InChI=1S/C15H16N4O/c1-10(16)13-8-11(5-6-14(13)17)15(20)19-9-12-4-2-3-7-18-12/h2-8,16H,9,17H2,1H3,(H,19,20). The largest absolute Gasteiger partial charge is 0.398 e. The number of nitrogens with one attached hydrogen (secondary N) is 2. The molecule has 2 aromatic rings. The Kier molecular flexibility index (Phi) is 4.10. The smallest absolute Gasteiger partial charge is 0.251 e. The van der Waals surface area contributed by atoms with Gasteiger partial charge in [0.1, 0.15) is 0 Å². The molecule has 0 aliphatic heterocycles. The normalized spacial score (nSPS) is 10.1. The Hall–Kier alpha value is -2.69. The van der Waals surface area contributed by atoms with Gasteiger partial charge in [0, 0.05) is 28.7 Å². The second-order valence-electron chi connectivity index (χ2n) is 4.43. The van der Waals surface area contributed by atoms with Gasteiger partial charge in [-0.2, -0.15) is 0 Å². The second kappa shape index (κ2) is 5.97. The van der Waals surface area contributed by atoms with Crippen LogP contribution in [-0.2, 0) is 6.54 Å². The van der Waals surface area contributed by atoms with E-state index in [1.165, 1.54) is 0 Å². The van der Waals surface area contributed by atoms with Gasteiger partial charge in [-0.25, -0.2) is 0 Å². The van der Waals surface area contributed by atoms with Gasteiger partial charge in [-0.3, -0.25) is 9.78 Å². The predicted molar refractivity (Wildman–Crippen MR) is 78.8 cm³/mol. The number of nitrogens with two attached hydrogens (primary N) is 1. The van der Waals surface area contributed by atoms with E-state index < -0.39 is 0 Å². The zero-order chi connectivity index (χ0) is 14.5. The molecule has 20 heavy (non-hydrogen) atoms. The van der Waals surface area contributed by atoms with Gasteiger partial charge in [-0.05, 0) is 37.3 Å². The summed E-state index contributed by atoms with van der Waals surface area (Å²) in [6, 6.07) is 10.5. The molecule has 0 saturated carbocycles. The van der Waals surface area contributed by atoms with Crippen LogP contribution in [0.3, 0.4) is 0 Å². The first-order valence-corrected chi connectivity index (χ1v) is 6.21. The number of aromatic nitrogens is 1. The summed E-state index contributed by atoms with van der Waals surface area (Å²) >= 11 is 0. The van der Waals surface area contributed by atoms with Crippen molar-refractivity contribution in [3.63, 3.8) is 0 Å². The maximum atomic E-state index is 12.1. The van der Waals surface area contributed by atoms with Crippen LogP contribution in [0.4, 0.5) is 5.69 Å². The van der Waals surface area contributed by atoms with Crippen molar-refractivity contribution in [2.75, 3.05) is 5.73 Å². The first-order chi connectivity index (χ1) is 9.58. The first kappa shape index (κ1) is 13.7. The highest BCUT2D eigenvalue weighted by Crippen LogP contribution is 2.14. The van der Waals surface area contributed by atoms with Crippen LogP contribution in [0, 0.1) is 5.41 Å². The summed E-state index contributed by atoms with van der Waals surface area (Å²) in [4.78, 5) is 16.2. The Morgan fingerprint density at radius 3 is 2.80 bits per heavy atom. The molecule has 0 fully saturated rings. The summed E-state index contributed by atoms with van der Waals surface area (Å²) < 4.78 is 0. The molecule has 0 radical (unpaired) electrons. The molecule has 102 valence electrons. The van der Waals surface area contributed by atoms with E-state index in [9.17, 15) is 4.79 Å². The Balaban J connectivity index is 2.10. The van der Waals surface area contributed by atoms with E-state index in [4.69, 9.17) is 11.1 Å². The third-order valence-electron chi connectivity index (χ3n) is 2.88. The molecule has 1 heterocycles. The van der Waals surface area contributed by atoms with Crippen LogP contribution in [-0.4, -0.2) is 16.6 Å². The molecule has 0 aliphatic carbocycles. The van der Waals surface area contributed by atoms with Crippen molar-refractivity contribution in [3.05, 3.63) is 59.4 Å². The van der Waals surface area contributed by atoms with Gasteiger partial charge in [0.15, 0.2) is 0 Å². The third kappa shape index (κ3) is 3.20. The first-order valence-electron chi connectivity index (χ1n) is 6.21. The summed E-state index contributed by atoms with van der Waals surface area (Å²) in [7, 11) is 0. The maximum Gasteiger partial charge on any atom is 0.251 e. The molecule has 0 spiro atoms. The minimum Gasteiger partial charge on any atom is -0.398 e. The Labute approximate surface area is 117 Å². The molecule has 0 saturated heterocycles. The van der Waals surface area contributed by atoms with Crippen LogP contribution in [0.15, 0.2) is 42.6 Å². The van der Waals surface area contributed by atoms with Gasteiger partial charge < -0.3 is 16.5 Å². The summed E-state index contributed by atoms with van der Waals surface area (Å²) in [5.74, 6) is -0.210. The molecule has 4 N–H and O–H groups in total. The van der Waals surface area contributed by atoms with Crippen molar-refractivity contribution >= 4 is 17.3 Å². The number of anilines is 1. The summed E-state index contributed by atoms with van der Waals surface area (Å²) in [5.41, 5.74) is 8.46. The molecule has 1 amide bonds. The lowest BCUT2D eigenvalue weighted by Crippen LogP contribution is -2.23. The molecule has 0 atom stereocenters. The number of rotatable bonds is 4. The average molecular weight is 268 g/mol. The number of hydrogen-bond acceptors (Lipinski definition) is 4. The number of carbonyl (C=O) groups is 1. The SMILES string of the molecule is CC(=N)c1cc(C(=O)NCc2ccccn2)ccc1N. The maximum absolute atomic E-state index is 12.1. The summed E-state index contributed by atoms with van der Waals surface area (Å²) in [6.45, 7) is 2.00. The van der Waals surface area contributed by atoms with Crippen LogP contribution in [0.2, 0.25) is 0 Å². The Morgan fingerprint density at radius 2 is 2.15 bits per heavy atom. The number of hydrogen-bond donors (Lipinski definition) is 3. The minimum atomic E-state index is -0.210. The monoisotopic (exact) mass is 268 g/mol. The van der Waals surface area contributed by atoms with Crippen LogP contribution in [0.1, 0.15) is 28.5 Å². The molecular formula is C15H16N4O. The van der Waals surface area contributed by atoms with E-state index in [0.29, 0.717) is 29.1 Å². The minimum absolute atomic E-state index is 0.210. The van der Waals surface area contributed by atoms with E-state index in [0.717, 1.165) is 5.69 Å². The van der Waals surface area contributed by atoms with Crippen molar-refractivity contribution in [3.8, 4) is 0 Å². The predicted octanol–water partition coefficient (Wildman–Crippen LogP) is 1.98. The van der Waals surface area contributed by atoms with Gasteiger partial charge in [0.2, 0.25) is 0 Å². The molecule has 0 bridgehead atoms. The molecule has 2 rings (SSSR count). The van der Waals surface area contributed by atoms with Crippen molar-refractivity contribution in [1.82, 2.24) is 10.3 Å². The fourth-order valence-electron chi connectivity index (χ4n) is 1.80. The second-order valence-corrected chi connectivity index (χ2v) is 4.43. The third-order valence-corrected chi connectivity index (χ3v) is 2.88. The number of nitrogen functional groups attached to an aromatic ring is 1. The van der Waals surface area contributed by atoms with Gasteiger partial charge >= 0.3 is 0 Å². The number of pyridine rings is 1. The average Bonchev–Trinajstić information content (AvgIpc) is 2.46. The highest BCUT2D eigenvalue weighted by Gasteiger charge is 2.09. The summed E-state index contributed by atoms with van der Waals surface area (Å²) in [5, 5.41) is 10.4. The van der Waals surface area contributed by atoms with E-state index >= 15 is 0 Å². The van der Waals surface area contributed by atoms with E-state index in [1.54, 1.807) is 31.3 Å². The Bertz CT molecular complexity index is 638. The molecule has 0 aliphatic rings. The van der Waals surface area contributed by atoms with Crippen molar-refractivity contribution in [2.45, 2.75) is 13.5 Å². The molecule has 5 nitrogen and oxygen atoms in total. The lowest BCUT2D eigenvalue weighted by atomic mass is 10.0. The number of carbonyl (C=O) groups excluding carboxylic acids is 1. The van der Waals surface area contributed by atoms with Crippen LogP contribution < -0.4 is 11.1 Å². The molecular weight excluding hydrogens is 252 g/mol. The highest BCUT2D eigenvalue weighted by molar-refractivity contribution is 6.04.